The number of ether oxygens (including phenoxy) is 2. The lowest BCUT2D eigenvalue weighted by molar-refractivity contribution is -0.116. The first kappa shape index (κ1) is 27.3. The van der Waals surface area contributed by atoms with Crippen molar-refractivity contribution in [1.82, 2.24) is 0 Å². The molecule has 5 rings (SSSR count). The van der Waals surface area contributed by atoms with E-state index in [1.807, 2.05) is 30.3 Å². The molecule has 10 nitrogen and oxygen atoms in total. The Morgan fingerprint density at radius 1 is 0.850 bits per heavy atom. The number of benzene rings is 4. The highest BCUT2D eigenvalue weighted by Crippen LogP contribution is 2.35. The Balaban J connectivity index is 1.32. The molecular weight excluding hydrogens is 554 g/mol. The fourth-order valence-electron chi connectivity index (χ4n) is 4.46. The maximum absolute atomic E-state index is 13.1. The van der Waals surface area contributed by atoms with Crippen LogP contribution in [0.15, 0.2) is 89.8 Å². The third kappa shape index (κ3) is 5.68. The second-order valence-corrected chi connectivity index (χ2v) is 12.8. The minimum absolute atomic E-state index is 0.000484. The summed E-state index contributed by atoms with van der Waals surface area (Å²) in [4.78, 5) is 13.1. The summed E-state index contributed by atoms with van der Waals surface area (Å²) < 4.78 is 66.1. The summed E-state index contributed by atoms with van der Waals surface area (Å²) in [6, 6.07) is 21.9. The lowest BCUT2D eigenvalue weighted by Gasteiger charge is -2.29. The summed E-state index contributed by atoms with van der Waals surface area (Å²) in [5.41, 5.74) is 0.997. The highest BCUT2D eigenvalue weighted by Gasteiger charge is 2.30. The predicted octanol–water partition coefficient (Wildman–Crippen LogP) is 4.21. The van der Waals surface area contributed by atoms with E-state index in [9.17, 15) is 21.6 Å². The Morgan fingerprint density at radius 2 is 1.52 bits per heavy atom. The van der Waals surface area contributed by atoms with Crippen molar-refractivity contribution in [3.8, 4) is 11.5 Å². The monoisotopic (exact) mass is 581 g/mol. The number of amides is 1. The molecule has 0 aromatic heterocycles. The van der Waals surface area contributed by atoms with Crippen LogP contribution in [-0.4, -0.2) is 48.3 Å². The zero-order valence-corrected chi connectivity index (χ0v) is 23.3. The molecule has 4 aromatic carbocycles. The molecular formula is C28H27N3O7S2. The van der Waals surface area contributed by atoms with Crippen molar-refractivity contribution in [2.24, 2.45) is 0 Å². The largest absolute Gasteiger partial charge is 0.486 e. The number of carbonyl (C=O) groups is 1. The number of anilines is 3. The predicted molar refractivity (Wildman–Crippen MR) is 154 cm³/mol. The van der Waals surface area contributed by atoms with E-state index in [1.165, 1.54) is 37.3 Å². The number of hydrogen-bond acceptors (Lipinski definition) is 7. The Morgan fingerprint density at radius 3 is 2.25 bits per heavy atom. The molecule has 0 unspecified atom stereocenters. The van der Waals surface area contributed by atoms with Crippen molar-refractivity contribution in [1.29, 1.82) is 0 Å². The van der Waals surface area contributed by atoms with E-state index in [0.717, 1.165) is 21.3 Å². The molecule has 12 heteroatoms. The molecule has 0 aliphatic carbocycles. The van der Waals surface area contributed by atoms with Crippen molar-refractivity contribution in [3.05, 3.63) is 84.9 Å². The molecule has 1 amide bonds. The van der Waals surface area contributed by atoms with Gasteiger partial charge in [0, 0.05) is 17.1 Å². The van der Waals surface area contributed by atoms with Gasteiger partial charge in [-0.15, -0.1) is 0 Å². The third-order valence-corrected chi connectivity index (χ3v) is 8.96. The molecule has 2 N–H and O–H groups in total. The first-order chi connectivity index (χ1) is 19.0. The van der Waals surface area contributed by atoms with Crippen LogP contribution >= 0.6 is 0 Å². The van der Waals surface area contributed by atoms with Crippen LogP contribution < -0.4 is 23.8 Å². The molecule has 0 fully saturated rings. The number of carbonyl (C=O) groups excluding carboxylic acids is 1. The molecule has 208 valence electrons. The van der Waals surface area contributed by atoms with Crippen molar-refractivity contribution in [3.63, 3.8) is 0 Å². The minimum Gasteiger partial charge on any atom is -0.486 e. The number of rotatable bonds is 8. The van der Waals surface area contributed by atoms with Gasteiger partial charge in [0.05, 0.1) is 22.5 Å². The quantitative estimate of drug-likeness (QED) is 0.319. The molecule has 0 bridgehead atoms. The molecule has 0 saturated heterocycles. The smallest absolute Gasteiger partial charge is 0.261 e. The second kappa shape index (κ2) is 10.7. The van der Waals surface area contributed by atoms with Crippen molar-refractivity contribution < 1.29 is 31.1 Å². The molecule has 0 radical (unpaired) electrons. The van der Waals surface area contributed by atoms with E-state index in [2.05, 4.69) is 10.0 Å². The van der Waals surface area contributed by atoms with E-state index < -0.39 is 32.0 Å². The number of fused-ring (bicyclic) bond motifs is 2. The number of nitrogens with zero attached hydrogens (tertiary/aromatic N) is 1. The summed E-state index contributed by atoms with van der Waals surface area (Å²) in [5, 5.41) is 4.32. The van der Waals surface area contributed by atoms with E-state index in [4.69, 9.17) is 9.47 Å². The van der Waals surface area contributed by atoms with Gasteiger partial charge in [-0.05, 0) is 54.8 Å². The highest BCUT2D eigenvalue weighted by atomic mass is 32.2. The number of sulfonamides is 2. The molecule has 0 saturated carbocycles. The average Bonchev–Trinajstić information content (AvgIpc) is 2.92. The van der Waals surface area contributed by atoms with Crippen LogP contribution in [0.1, 0.15) is 6.92 Å². The van der Waals surface area contributed by atoms with Gasteiger partial charge < -0.3 is 14.8 Å². The Hall–Kier alpha value is -4.29. The summed E-state index contributed by atoms with van der Waals surface area (Å²) in [7, 11) is -7.78. The maximum Gasteiger partial charge on any atom is 0.261 e. The normalized spacial score (nSPS) is 13.8. The first-order valence-electron chi connectivity index (χ1n) is 12.3. The van der Waals surface area contributed by atoms with Crippen LogP contribution in [0.2, 0.25) is 0 Å². The third-order valence-electron chi connectivity index (χ3n) is 6.33. The minimum atomic E-state index is -3.92. The average molecular weight is 582 g/mol. The van der Waals surface area contributed by atoms with Gasteiger partial charge in [0.25, 0.3) is 10.0 Å². The number of nitrogens with one attached hydrogen (secondary N) is 2. The van der Waals surface area contributed by atoms with Crippen LogP contribution in [0.5, 0.6) is 11.5 Å². The van der Waals surface area contributed by atoms with Crippen molar-refractivity contribution >= 4 is 53.8 Å². The molecule has 1 heterocycles. The summed E-state index contributed by atoms with van der Waals surface area (Å²) in [6.07, 6.45) is 1.01. The van der Waals surface area contributed by atoms with Gasteiger partial charge in [0.1, 0.15) is 19.3 Å². The zero-order valence-electron chi connectivity index (χ0n) is 21.7. The SMILES string of the molecule is C[C@@H](C(=O)Nc1ccc(S(=O)(=O)Nc2cccc3ccccc23)cc1)N(c1ccc2c(c1)OCCO2)S(C)(=O)=O. The van der Waals surface area contributed by atoms with Crippen LogP contribution in [-0.2, 0) is 24.8 Å². The van der Waals surface area contributed by atoms with Gasteiger partial charge in [0.2, 0.25) is 15.9 Å². The van der Waals surface area contributed by atoms with Crippen LogP contribution in [0.4, 0.5) is 17.1 Å². The van der Waals surface area contributed by atoms with E-state index in [0.29, 0.717) is 36.1 Å². The number of hydrogen-bond donors (Lipinski definition) is 2. The van der Waals surface area contributed by atoms with Gasteiger partial charge >= 0.3 is 0 Å². The van der Waals surface area contributed by atoms with Crippen molar-refractivity contribution in [2.75, 3.05) is 33.8 Å². The molecule has 1 aliphatic heterocycles. The summed E-state index contributed by atoms with van der Waals surface area (Å²) >= 11 is 0. The van der Waals surface area contributed by atoms with Crippen LogP contribution in [0.25, 0.3) is 10.8 Å². The molecule has 1 atom stereocenters. The molecule has 0 spiro atoms. The van der Waals surface area contributed by atoms with E-state index >= 15 is 0 Å². The lowest BCUT2D eigenvalue weighted by atomic mass is 10.1. The molecule has 40 heavy (non-hydrogen) atoms. The molecule has 1 aliphatic rings. The van der Waals surface area contributed by atoms with E-state index in [1.54, 1.807) is 24.3 Å². The van der Waals surface area contributed by atoms with Gasteiger partial charge in [-0.3, -0.25) is 13.8 Å². The maximum atomic E-state index is 13.1. The first-order valence-corrected chi connectivity index (χ1v) is 15.7. The summed E-state index contributed by atoms with van der Waals surface area (Å²) in [6.45, 7) is 2.18. The van der Waals surface area contributed by atoms with E-state index in [-0.39, 0.29) is 10.6 Å². The van der Waals surface area contributed by atoms with Gasteiger partial charge in [-0.25, -0.2) is 16.8 Å². The second-order valence-electron chi connectivity index (χ2n) is 9.21. The highest BCUT2D eigenvalue weighted by molar-refractivity contribution is 7.92. The topological polar surface area (TPSA) is 131 Å². The Bertz CT molecular complexity index is 1790. The van der Waals surface area contributed by atoms with Gasteiger partial charge in [-0.2, -0.15) is 0 Å². The fourth-order valence-corrected chi connectivity index (χ4v) is 6.71. The molecule has 4 aromatic rings. The van der Waals surface area contributed by atoms with Crippen LogP contribution in [0.3, 0.4) is 0 Å². The summed E-state index contributed by atoms with van der Waals surface area (Å²) in [5.74, 6) is 0.272. The Kier molecular flexibility index (Phi) is 7.30. The van der Waals surface area contributed by atoms with Gasteiger partial charge in [0.15, 0.2) is 11.5 Å². The Labute approximate surface area is 232 Å². The fraction of sp³-hybridized carbons (Fsp3) is 0.179. The standard InChI is InChI=1S/C28H27N3O7S2/c1-19(31(39(2,33)34)22-12-15-26-27(18-22)38-17-16-37-26)28(32)29-21-10-13-23(14-11-21)40(35,36)30-25-9-5-7-20-6-3-4-8-24(20)25/h3-15,18-19,30H,16-17H2,1-2H3,(H,29,32)/t19-/m0/s1. The zero-order chi connectivity index (χ0) is 28.5. The van der Waals surface area contributed by atoms with Crippen molar-refractivity contribution in [2.45, 2.75) is 17.9 Å². The van der Waals surface area contributed by atoms with Crippen LogP contribution in [0, 0.1) is 0 Å². The van der Waals surface area contributed by atoms with Gasteiger partial charge in [-0.1, -0.05) is 36.4 Å². The lowest BCUT2D eigenvalue weighted by Crippen LogP contribution is -2.45.